The second-order valence-corrected chi connectivity index (χ2v) is 10.7. The van der Waals surface area contributed by atoms with Crippen LogP contribution in [0.1, 0.15) is 113 Å². The molecule has 0 fully saturated rings. The molecule has 0 bridgehead atoms. The number of ether oxygens (including phenoxy) is 3. The molecule has 0 aromatic heterocycles. The van der Waals surface area contributed by atoms with E-state index in [1.165, 1.54) is 80.9 Å². The lowest BCUT2D eigenvalue weighted by Gasteiger charge is -2.28. The van der Waals surface area contributed by atoms with Gasteiger partial charge in [0.15, 0.2) is 0 Å². The first-order valence-electron chi connectivity index (χ1n) is 13.4. The SMILES string of the molecule is CCCCCCCCCCCCC1(C)Cc2cc3c(cc2O1)OCC1c2ccccc2OC31. The van der Waals surface area contributed by atoms with Crippen molar-refractivity contribution >= 4 is 0 Å². The van der Waals surface area contributed by atoms with E-state index >= 15 is 0 Å². The van der Waals surface area contributed by atoms with Gasteiger partial charge in [-0.15, -0.1) is 0 Å². The van der Waals surface area contributed by atoms with Crippen molar-refractivity contribution in [2.24, 2.45) is 0 Å². The van der Waals surface area contributed by atoms with Crippen LogP contribution in [0.15, 0.2) is 36.4 Å². The predicted octanol–water partition coefficient (Wildman–Crippen LogP) is 8.30. The Morgan fingerprint density at radius 3 is 2.33 bits per heavy atom. The number of hydrogen-bond donors (Lipinski definition) is 0. The highest BCUT2D eigenvalue weighted by Gasteiger charge is 2.43. The molecule has 0 N–H and O–H groups in total. The highest BCUT2D eigenvalue weighted by molar-refractivity contribution is 5.55. The topological polar surface area (TPSA) is 27.7 Å². The molecule has 0 spiro atoms. The molecule has 2 aromatic carbocycles. The summed E-state index contributed by atoms with van der Waals surface area (Å²) in [6.07, 6.45) is 15.9. The van der Waals surface area contributed by atoms with Crippen molar-refractivity contribution in [3.8, 4) is 17.2 Å². The van der Waals surface area contributed by atoms with Crippen LogP contribution in [-0.4, -0.2) is 12.2 Å². The van der Waals surface area contributed by atoms with Crippen LogP contribution in [0.5, 0.6) is 17.2 Å². The van der Waals surface area contributed by atoms with E-state index < -0.39 is 0 Å². The molecule has 0 saturated heterocycles. The maximum absolute atomic E-state index is 6.50. The van der Waals surface area contributed by atoms with E-state index in [1.54, 1.807) is 0 Å². The molecule has 3 heterocycles. The summed E-state index contributed by atoms with van der Waals surface area (Å²) in [6, 6.07) is 12.8. The van der Waals surface area contributed by atoms with Crippen LogP contribution in [0.4, 0.5) is 0 Å². The predicted molar refractivity (Wildman–Crippen MR) is 134 cm³/mol. The number of benzene rings is 2. The van der Waals surface area contributed by atoms with Gasteiger partial charge in [-0.25, -0.2) is 0 Å². The van der Waals surface area contributed by atoms with Gasteiger partial charge in [0.2, 0.25) is 0 Å². The average Bonchev–Trinajstić information content (AvgIpc) is 3.35. The van der Waals surface area contributed by atoms with Gasteiger partial charge >= 0.3 is 0 Å². The molecule has 0 saturated carbocycles. The number of fused-ring (bicyclic) bond motifs is 6. The summed E-state index contributed by atoms with van der Waals surface area (Å²) in [4.78, 5) is 0. The van der Waals surface area contributed by atoms with Gasteiger partial charge < -0.3 is 14.2 Å². The standard InChI is InChI=1S/C30H40O3/c1-3-4-5-6-7-8-9-10-11-14-17-30(2)20-22-18-24-28(19-27(22)33-30)31-21-25-23-15-12-13-16-26(23)32-29(24)25/h12-13,15-16,18-19,25,29H,3-11,14,17,20-21H2,1-2H3. The lowest BCUT2D eigenvalue weighted by molar-refractivity contribution is 0.101. The number of hydrogen-bond acceptors (Lipinski definition) is 3. The third-order valence-corrected chi connectivity index (χ3v) is 7.84. The van der Waals surface area contributed by atoms with Gasteiger partial charge in [0, 0.05) is 23.6 Å². The minimum Gasteiger partial charge on any atom is -0.492 e. The monoisotopic (exact) mass is 448 g/mol. The summed E-state index contributed by atoms with van der Waals surface area (Å²) in [5.41, 5.74) is 3.68. The fourth-order valence-corrected chi connectivity index (χ4v) is 5.95. The van der Waals surface area contributed by atoms with Crippen molar-refractivity contribution in [3.63, 3.8) is 0 Å². The van der Waals surface area contributed by atoms with Crippen molar-refractivity contribution < 1.29 is 14.2 Å². The van der Waals surface area contributed by atoms with Crippen LogP contribution in [0, 0.1) is 0 Å². The molecule has 5 rings (SSSR count). The van der Waals surface area contributed by atoms with Crippen LogP contribution in [0.2, 0.25) is 0 Å². The highest BCUT2D eigenvalue weighted by atomic mass is 16.5. The first-order valence-corrected chi connectivity index (χ1v) is 13.4. The molecule has 0 aliphatic carbocycles. The summed E-state index contributed by atoms with van der Waals surface area (Å²) in [5, 5.41) is 0. The number of unbranched alkanes of at least 4 members (excludes halogenated alkanes) is 9. The van der Waals surface area contributed by atoms with Crippen LogP contribution >= 0.6 is 0 Å². The van der Waals surface area contributed by atoms with Gasteiger partial charge in [0.25, 0.3) is 0 Å². The van der Waals surface area contributed by atoms with E-state index in [4.69, 9.17) is 14.2 Å². The van der Waals surface area contributed by atoms with E-state index in [0.29, 0.717) is 6.61 Å². The summed E-state index contributed by atoms with van der Waals surface area (Å²) in [5.74, 6) is 3.24. The molecule has 2 aromatic rings. The quantitative estimate of drug-likeness (QED) is 0.324. The number of para-hydroxylation sites is 1. The third kappa shape index (κ3) is 4.88. The Bertz CT molecular complexity index is 952. The summed E-state index contributed by atoms with van der Waals surface area (Å²) < 4.78 is 19.1. The van der Waals surface area contributed by atoms with E-state index in [0.717, 1.165) is 30.1 Å². The number of rotatable bonds is 11. The molecule has 3 aliphatic rings. The Balaban J connectivity index is 1.12. The molecule has 178 valence electrons. The van der Waals surface area contributed by atoms with Crippen molar-refractivity contribution in [2.75, 3.05) is 6.61 Å². The molecule has 0 radical (unpaired) electrons. The van der Waals surface area contributed by atoms with Gasteiger partial charge in [0.1, 0.15) is 29.0 Å². The van der Waals surface area contributed by atoms with E-state index in [9.17, 15) is 0 Å². The zero-order chi connectivity index (χ0) is 22.7. The second kappa shape index (κ2) is 9.99. The fraction of sp³-hybridized carbons (Fsp3) is 0.600. The van der Waals surface area contributed by atoms with Crippen molar-refractivity contribution in [2.45, 2.75) is 109 Å². The molecule has 3 unspecified atom stereocenters. The Hall–Kier alpha value is -2.16. The van der Waals surface area contributed by atoms with Crippen molar-refractivity contribution in [1.82, 2.24) is 0 Å². The minimum absolute atomic E-state index is 0.0604. The summed E-state index contributed by atoms with van der Waals surface area (Å²) >= 11 is 0. The van der Waals surface area contributed by atoms with E-state index in [2.05, 4.69) is 44.2 Å². The van der Waals surface area contributed by atoms with Crippen LogP contribution < -0.4 is 14.2 Å². The van der Waals surface area contributed by atoms with E-state index in [1.807, 2.05) is 6.07 Å². The third-order valence-electron chi connectivity index (χ3n) is 7.84. The molecule has 33 heavy (non-hydrogen) atoms. The summed E-state index contributed by atoms with van der Waals surface area (Å²) in [7, 11) is 0. The normalized spacial score (nSPS) is 24.2. The Labute approximate surface area is 199 Å². The molecular formula is C30H40O3. The molecule has 3 aliphatic heterocycles. The Morgan fingerprint density at radius 1 is 0.818 bits per heavy atom. The maximum Gasteiger partial charge on any atom is 0.138 e. The molecule has 3 heteroatoms. The lowest BCUT2D eigenvalue weighted by atomic mass is 9.87. The minimum atomic E-state index is -0.0919. The average molecular weight is 449 g/mol. The molecule has 3 atom stereocenters. The van der Waals surface area contributed by atoms with Crippen LogP contribution in [0.3, 0.4) is 0 Å². The Kier molecular flexibility index (Phi) is 6.85. The maximum atomic E-state index is 6.50. The van der Waals surface area contributed by atoms with Crippen LogP contribution in [0.25, 0.3) is 0 Å². The van der Waals surface area contributed by atoms with Crippen molar-refractivity contribution in [3.05, 3.63) is 53.1 Å². The molecular weight excluding hydrogens is 408 g/mol. The second-order valence-electron chi connectivity index (χ2n) is 10.7. The van der Waals surface area contributed by atoms with Gasteiger partial charge in [-0.1, -0.05) is 82.9 Å². The van der Waals surface area contributed by atoms with Gasteiger partial charge in [0.05, 0.1) is 12.5 Å². The zero-order valence-corrected chi connectivity index (χ0v) is 20.5. The highest BCUT2D eigenvalue weighted by Crippen LogP contribution is 2.53. The summed E-state index contributed by atoms with van der Waals surface area (Å²) in [6.45, 7) is 5.24. The van der Waals surface area contributed by atoms with Crippen molar-refractivity contribution in [1.29, 1.82) is 0 Å². The zero-order valence-electron chi connectivity index (χ0n) is 20.5. The smallest absolute Gasteiger partial charge is 0.138 e. The van der Waals surface area contributed by atoms with E-state index in [-0.39, 0.29) is 17.6 Å². The van der Waals surface area contributed by atoms with Gasteiger partial charge in [-0.2, -0.15) is 0 Å². The Morgan fingerprint density at radius 2 is 1.55 bits per heavy atom. The fourth-order valence-electron chi connectivity index (χ4n) is 5.95. The lowest BCUT2D eigenvalue weighted by Crippen LogP contribution is -2.29. The largest absolute Gasteiger partial charge is 0.492 e. The first kappa shape index (κ1) is 22.6. The van der Waals surface area contributed by atoms with Gasteiger partial charge in [-0.3, -0.25) is 0 Å². The van der Waals surface area contributed by atoms with Crippen LogP contribution in [-0.2, 0) is 6.42 Å². The first-order chi connectivity index (χ1) is 16.2. The molecule has 0 amide bonds. The van der Waals surface area contributed by atoms with Gasteiger partial charge in [-0.05, 0) is 37.5 Å². The molecule has 3 nitrogen and oxygen atoms in total.